The summed E-state index contributed by atoms with van der Waals surface area (Å²) in [7, 11) is 0. The summed E-state index contributed by atoms with van der Waals surface area (Å²) in [6.45, 7) is 2.74. The van der Waals surface area contributed by atoms with E-state index in [1.807, 2.05) is 13.8 Å². The third kappa shape index (κ3) is 11.7. The zero-order valence-electron chi connectivity index (χ0n) is 16.8. The van der Waals surface area contributed by atoms with Crippen LogP contribution in [0.5, 0.6) is 0 Å². The van der Waals surface area contributed by atoms with Gasteiger partial charge in [0.1, 0.15) is 5.78 Å². The first-order valence-corrected chi connectivity index (χ1v) is 9.75. The molecular weight excluding hydrogens is 370 g/mol. The number of hydrogen-bond donors (Lipinski definition) is 3. The maximum absolute atomic E-state index is 12.4. The summed E-state index contributed by atoms with van der Waals surface area (Å²) in [6.07, 6.45) is 2.16. The van der Waals surface area contributed by atoms with Gasteiger partial charge < -0.3 is 25.0 Å². The van der Waals surface area contributed by atoms with Gasteiger partial charge in [-0.15, -0.1) is 0 Å². The summed E-state index contributed by atoms with van der Waals surface area (Å²) in [5, 5.41) is 20.6. The standard InChI is InChI=1S/C19H33NO8/c1-3-6-17(24)27-10-5-8-16(23)15(9-11-28-18(25)7-4-2)19(26)20-14(12-21)13-22/h14-15,21-22H,3-13H2,1-2H3,(H,20,26). The second-order valence-electron chi connectivity index (χ2n) is 6.42. The molecule has 0 aliphatic carbocycles. The maximum atomic E-state index is 12.4. The Kier molecular flexibility index (Phi) is 14.9. The van der Waals surface area contributed by atoms with Crippen molar-refractivity contribution in [1.82, 2.24) is 5.32 Å². The van der Waals surface area contributed by atoms with Crippen molar-refractivity contribution in [2.45, 2.75) is 64.8 Å². The lowest BCUT2D eigenvalue weighted by Crippen LogP contribution is -2.45. The van der Waals surface area contributed by atoms with Crippen LogP contribution < -0.4 is 5.32 Å². The van der Waals surface area contributed by atoms with Crippen LogP contribution in [0.15, 0.2) is 0 Å². The number of aliphatic hydroxyl groups excluding tert-OH is 2. The molecule has 1 unspecified atom stereocenters. The van der Waals surface area contributed by atoms with E-state index in [0.29, 0.717) is 19.3 Å². The van der Waals surface area contributed by atoms with Crippen molar-refractivity contribution in [2.75, 3.05) is 26.4 Å². The molecule has 9 heteroatoms. The van der Waals surface area contributed by atoms with Crippen molar-refractivity contribution in [3.05, 3.63) is 0 Å². The van der Waals surface area contributed by atoms with Crippen LogP contribution in [0.3, 0.4) is 0 Å². The minimum Gasteiger partial charge on any atom is -0.466 e. The van der Waals surface area contributed by atoms with Crippen LogP contribution >= 0.6 is 0 Å². The Bertz CT molecular complexity index is 490. The van der Waals surface area contributed by atoms with Gasteiger partial charge in [-0.2, -0.15) is 0 Å². The Morgan fingerprint density at radius 2 is 1.39 bits per heavy atom. The SMILES string of the molecule is CCCC(=O)OCCCC(=O)C(CCOC(=O)CCC)C(=O)NC(CO)CO. The second kappa shape index (κ2) is 16.0. The van der Waals surface area contributed by atoms with E-state index < -0.39 is 37.0 Å². The van der Waals surface area contributed by atoms with Gasteiger partial charge in [0.15, 0.2) is 0 Å². The molecule has 0 spiro atoms. The molecule has 0 aromatic heterocycles. The van der Waals surface area contributed by atoms with Gasteiger partial charge in [0, 0.05) is 25.7 Å². The highest BCUT2D eigenvalue weighted by Gasteiger charge is 2.28. The molecule has 0 bridgehead atoms. The average molecular weight is 403 g/mol. The highest BCUT2D eigenvalue weighted by molar-refractivity contribution is 6.01. The summed E-state index contributed by atoms with van der Waals surface area (Å²) < 4.78 is 10.0. The van der Waals surface area contributed by atoms with Gasteiger partial charge in [0.05, 0.1) is 38.4 Å². The summed E-state index contributed by atoms with van der Waals surface area (Å²) >= 11 is 0. The number of amides is 1. The predicted octanol–water partition coefficient (Wildman–Crippen LogP) is 0.498. The first kappa shape index (κ1) is 26.0. The Labute approximate surface area is 165 Å². The van der Waals surface area contributed by atoms with E-state index >= 15 is 0 Å². The molecule has 1 amide bonds. The van der Waals surface area contributed by atoms with E-state index in [-0.39, 0.29) is 50.6 Å². The minimum absolute atomic E-state index is 0.000674. The molecule has 0 saturated carbocycles. The van der Waals surface area contributed by atoms with Crippen LogP contribution in [0.2, 0.25) is 0 Å². The number of carbonyl (C=O) groups excluding carboxylic acids is 4. The fraction of sp³-hybridized carbons (Fsp3) is 0.789. The molecule has 0 aromatic rings. The molecular formula is C19H33NO8. The summed E-state index contributed by atoms with van der Waals surface area (Å²) in [5.41, 5.74) is 0. The van der Waals surface area contributed by atoms with E-state index in [1.165, 1.54) is 0 Å². The monoisotopic (exact) mass is 403 g/mol. The van der Waals surface area contributed by atoms with Gasteiger partial charge in [-0.25, -0.2) is 0 Å². The van der Waals surface area contributed by atoms with Gasteiger partial charge >= 0.3 is 11.9 Å². The highest BCUT2D eigenvalue weighted by Crippen LogP contribution is 2.11. The van der Waals surface area contributed by atoms with Crippen LogP contribution in [0.25, 0.3) is 0 Å². The molecule has 0 aliphatic rings. The van der Waals surface area contributed by atoms with Crippen LogP contribution in [0, 0.1) is 5.92 Å². The average Bonchev–Trinajstić information content (AvgIpc) is 2.66. The fourth-order valence-electron chi connectivity index (χ4n) is 2.34. The topological polar surface area (TPSA) is 139 Å². The van der Waals surface area contributed by atoms with Gasteiger partial charge in [-0.1, -0.05) is 13.8 Å². The van der Waals surface area contributed by atoms with Crippen molar-refractivity contribution in [3.63, 3.8) is 0 Å². The smallest absolute Gasteiger partial charge is 0.305 e. The molecule has 0 saturated heterocycles. The van der Waals surface area contributed by atoms with E-state index in [2.05, 4.69) is 5.32 Å². The molecule has 162 valence electrons. The van der Waals surface area contributed by atoms with Crippen molar-refractivity contribution in [3.8, 4) is 0 Å². The van der Waals surface area contributed by atoms with Crippen molar-refractivity contribution >= 4 is 23.6 Å². The third-order valence-electron chi connectivity index (χ3n) is 3.90. The first-order valence-electron chi connectivity index (χ1n) is 9.75. The van der Waals surface area contributed by atoms with Gasteiger partial charge in [0.2, 0.25) is 5.91 Å². The fourth-order valence-corrected chi connectivity index (χ4v) is 2.34. The van der Waals surface area contributed by atoms with Gasteiger partial charge in [-0.05, 0) is 19.3 Å². The third-order valence-corrected chi connectivity index (χ3v) is 3.90. The van der Waals surface area contributed by atoms with E-state index in [0.717, 1.165) is 0 Å². The number of aliphatic hydroxyl groups is 2. The number of rotatable bonds is 16. The van der Waals surface area contributed by atoms with Gasteiger partial charge in [0.25, 0.3) is 0 Å². The molecule has 1 atom stereocenters. The van der Waals surface area contributed by atoms with Gasteiger partial charge in [-0.3, -0.25) is 19.2 Å². The van der Waals surface area contributed by atoms with Crippen molar-refractivity contribution in [1.29, 1.82) is 0 Å². The number of esters is 2. The summed E-state index contributed by atoms with van der Waals surface area (Å²) in [5.74, 6) is -2.85. The molecule has 3 N–H and O–H groups in total. The van der Waals surface area contributed by atoms with Crippen LogP contribution in [-0.4, -0.2) is 66.3 Å². The van der Waals surface area contributed by atoms with E-state index in [4.69, 9.17) is 19.7 Å². The van der Waals surface area contributed by atoms with Crippen molar-refractivity contribution in [2.24, 2.45) is 5.92 Å². The highest BCUT2D eigenvalue weighted by atomic mass is 16.5. The minimum atomic E-state index is -1.08. The van der Waals surface area contributed by atoms with E-state index in [9.17, 15) is 19.2 Å². The van der Waals surface area contributed by atoms with Crippen LogP contribution in [0.4, 0.5) is 0 Å². The lowest BCUT2D eigenvalue weighted by molar-refractivity contribution is -0.146. The molecule has 9 nitrogen and oxygen atoms in total. The molecule has 0 radical (unpaired) electrons. The summed E-state index contributed by atoms with van der Waals surface area (Å²) in [4.78, 5) is 47.6. The lowest BCUT2D eigenvalue weighted by Gasteiger charge is -2.19. The molecule has 0 aliphatic heterocycles. The molecule has 0 aromatic carbocycles. The largest absolute Gasteiger partial charge is 0.466 e. The Balaban J connectivity index is 4.67. The van der Waals surface area contributed by atoms with Crippen molar-refractivity contribution < 1.29 is 38.9 Å². The quantitative estimate of drug-likeness (QED) is 0.192. The molecule has 0 heterocycles. The lowest BCUT2D eigenvalue weighted by atomic mass is 9.95. The number of hydrogen-bond acceptors (Lipinski definition) is 8. The zero-order chi connectivity index (χ0) is 21.4. The molecule has 28 heavy (non-hydrogen) atoms. The second-order valence-corrected chi connectivity index (χ2v) is 6.42. The van der Waals surface area contributed by atoms with E-state index in [1.54, 1.807) is 0 Å². The Morgan fingerprint density at radius 3 is 1.89 bits per heavy atom. The van der Waals surface area contributed by atoms with Crippen LogP contribution in [-0.2, 0) is 28.7 Å². The number of nitrogens with one attached hydrogen (secondary N) is 1. The van der Waals surface area contributed by atoms with Crippen LogP contribution in [0.1, 0.15) is 58.8 Å². The number of Topliss-reactive ketones (excluding diaryl/α,β-unsaturated/α-hetero) is 1. The molecule has 0 rings (SSSR count). The predicted molar refractivity (Wildman–Crippen MR) is 100 cm³/mol. The first-order chi connectivity index (χ1) is 13.4. The normalized spacial score (nSPS) is 11.8. The number of carbonyl (C=O) groups is 4. The Hall–Kier alpha value is -2.00. The number of ether oxygens (including phenoxy) is 2. The zero-order valence-corrected chi connectivity index (χ0v) is 16.8. The number of ketones is 1. The summed E-state index contributed by atoms with van der Waals surface area (Å²) in [6, 6.07) is -0.875. The maximum Gasteiger partial charge on any atom is 0.305 e. The molecule has 0 fully saturated rings. The Morgan fingerprint density at radius 1 is 0.857 bits per heavy atom.